The van der Waals surface area contributed by atoms with Crippen molar-refractivity contribution in [3.05, 3.63) is 72.6 Å². The molecule has 1 amide bonds. The molecule has 5 rings (SSSR count). The number of H-pyrrole nitrogens is 1. The Morgan fingerprint density at radius 2 is 2.03 bits per heavy atom. The number of hydrogen-bond donors (Lipinski definition) is 2. The lowest BCUT2D eigenvalue weighted by Gasteiger charge is -2.31. The first-order chi connectivity index (χ1) is 14.7. The second kappa shape index (κ2) is 8.16. The van der Waals surface area contributed by atoms with Crippen molar-refractivity contribution in [1.82, 2.24) is 15.1 Å². The predicted octanol–water partition coefficient (Wildman–Crippen LogP) is 4.67. The molecule has 1 aliphatic heterocycles. The number of likely N-dealkylation sites (tertiary alicyclic amines) is 1. The molecule has 6 nitrogen and oxygen atoms in total. The van der Waals surface area contributed by atoms with Crippen LogP contribution in [0.25, 0.3) is 22.2 Å². The van der Waals surface area contributed by atoms with Gasteiger partial charge in [0.25, 0.3) is 0 Å². The number of benzene rings is 2. The van der Waals surface area contributed by atoms with Crippen molar-refractivity contribution >= 4 is 22.6 Å². The zero-order valence-electron chi connectivity index (χ0n) is 16.7. The summed E-state index contributed by atoms with van der Waals surface area (Å²) in [5.41, 5.74) is 3.73. The summed E-state index contributed by atoms with van der Waals surface area (Å²) < 4.78 is 5.95. The molecule has 1 atom stereocenters. The molecule has 1 fully saturated rings. The zero-order valence-corrected chi connectivity index (χ0v) is 16.7. The maximum absolute atomic E-state index is 12.8. The lowest BCUT2D eigenvalue weighted by molar-refractivity contribution is -0.121. The van der Waals surface area contributed by atoms with Crippen LogP contribution in [0.1, 0.15) is 18.6 Å². The van der Waals surface area contributed by atoms with E-state index in [0.717, 1.165) is 66.2 Å². The molecule has 0 unspecified atom stereocenters. The van der Waals surface area contributed by atoms with Crippen molar-refractivity contribution in [2.24, 2.45) is 5.92 Å². The van der Waals surface area contributed by atoms with Gasteiger partial charge in [-0.2, -0.15) is 5.10 Å². The number of furan rings is 1. The van der Waals surface area contributed by atoms with Crippen LogP contribution in [0.2, 0.25) is 0 Å². The molecule has 0 aliphatic carbocycles. The third kappa shape index (κ3) is 4.00. The van der Waals surface area contributed by atoms with Gasteiger partial charge in [-0.3, -0.25) is 14.8 Å². The number of aromatic nitrogens is 2. The van der Waals surface area contributed by atoms with Crippen LogP contribution in [0.15, 0.2) is 71.3 Å². The third-order valence-electron chi connectivity index (χ3n) is 5.70. The number of rotatable bonds is 5. The van der Waals surface area contributed by atoms with Gasteiger partial charge in [0, 0.05) is 23.8 Å². The Morgan fingerprint density at radius 1 is 1.17 bits per heavy atom. The van der Waals surface area contributed by atoms with E-state index in [1.165, 1.54) is 0 Å². The number of nitrogens with one attached hydrogen (secondary N) is 2. The number of carbonyl (C=O) groups excluding carboxylic acids is 1. The number of anilines is 1. The summed E-state index contributed by atoms with van der Waals surface area (Å²) in [5.74, 6) is 1.01. The average Bonchev–Trinajstić information content (AvgIpc) is 3.44. The van der Waals surface area contributed by atoms with Gasteiger partial charge in [-0.25, -0.2) is 0 Å². The van der Waals surface area contributed by atoms with E-state index in [9.17, 15) is 4.79 Å². The minimum absolute atomic E-state index is 0.0181. The minimum Gasteiger partial charge on any atom is -0.460 e. The van der Waals surface area contributed by atoms with Gasteiger partial charge in [0.15, 0.2) is 0 Å². The highest BCUT2D eigenvalue weighted by atomic mass is 16.3. The molecule has 2 aromatic heterocycles. The van der Waals surface area contributed by atoms with Gasteiger partial charge in [0.2, 0.25) is 5.91 Å². The van der Waals surface area contributed by atoms with Crippen molar-refractivity contribution in [1.29, 1.82) is 0 Å². The first-order valence-electron chi connectivity index (χ1n) is 10.3. The fourth-order valence-electron chi connectivity index (χ4n) is 4.14. The summed E-state index contributed by atoms with van der Waals surface area (Å²) in [6, 6.07) is 19.9. The van der Waals surface area contributed by atoms with Crippen molar-refractivity contribution in [2.75, 3.05) is 18.4 Å². The van der Waals surface area contributed by atoms with E-state index < -0.39 is 0 Å². The molecule has 152 valence electrons. The summed E-state index contributed by atoms with van der Waals surface area (Å²) in [6.07, 6.45) is 3.65. The van der Waals surface area contributed by atoms with Crippen LogP contribution < -0.4 is 5.32 Å². The van der Waals surface area contributed by atoms with E-state index >= 15 is 0 Å². The van der Waals surface area contributed by atoms with Crippen LogP contribution in [-0.4, -0.2) is 34.1 Å². The van der Waals surface area contributed by atoms with E-state index in [1.54, 1.807) is 6.20 Å². The maximum Gasteiger partial charge on any atom is 0.228 e. The molecule has 2 aromatic carbocycles. The van der Waals surface area contributed by atoms with E-state index in [1.807, 2.05) is 48.5 Å². The average molecular weight is 400 g/mol. The molecule has 0 radical (unpaired) electrons. The van der Waals surface area contributed by atoms with Crippen molar-refractivity contribution in [2.45, 2.75) is 19.4 Å². The number of hydrogen-bond acceptors (Lipinski definition) is 4. The Morgan fingerprint density at radius 3 is 2.83 bits per heavy atom. The number of piperidine rings is 1. The zero-order chi connectivity index (χ0) is 20.3. The number of amides is 1. The number of carbonyl (C=O) groups is 1. The summed E-state index contributed by atoms with van der Waals surface area (Å²) >= 11 is 0. The smallest absolute Gasteiger partial charge is 0.228 e. The van der Waals surface area contributed by atoms with Gasteiger partial charge in [-0.1, -0.05) is 30.3 Å². The minimum atomic E-state index is -0.0181. The van der Waals surface area contributed by atoms with Crippen LogP contribution >= 0.6 is 0 Å². The molecule has 30 heavy (non-hydrogen) atoms. The lowest BCUT2D eigenvalue weighted by Crippen LogP contribution is -2.40. The highest BCUT2D eigenvalue weighted by Crippen LogP contribution is 2.24. The standard InChI is InChI=1S/C24H24N4O2/c29-24(26-20-9-7-17(8-10-20)22-11-12-25-27-22)19-5-3-13-28(15-19)16-21-14-18-4-1-2-6-23(18)30-21/h1-2,4,6-12,14,19H,3,5,13,15-16H2,(H,25,27)(H,26,29)/t19-/m0/s1. The van der Waals surface area contributed by atoms with Crippen LogP contribution in [0.3, 0.4) is 0 Å². The van der Waals surface area contributed by atoms with Gasteiger partial charge < -0.3 is 9.73 Å². The lowest BCUT2D eigenvalue weighted by atomic mass is 9.97. The molecular weight excluding hydrogens is 376 g/mol. The van der Waals surface area contributed by atoms with Crippen molar-refractivity contribution < 1.29 is 9.21 Å². The highest BCUT2D eigenvalue weighted by molar-refractivity contribution is 5.93. The van der Waals surface area contributed by atoms with Gasteiger partial charge in [0.1, 0.15) is 11.3 Å². The van der Waals surface area contributed by atoms with Crippen LogP contribution in [0.5, 0.6) is 0 Å². The summed E-state index contributed by atoms with van der Waals surface area (Å²) in [7, 11) is 0. The second-order valence-electron chi connectivity index (χ2n) is 7.86. The Labute approximate surface area is 174 Å². The molecule has 6 heteroatoms. The topological polar surface area (TPSA) is 74.2 Å². The molecule has 0 bridgehead atoms. The number of nitrogens with zero attached hydrogens (tertiary/aromatic N) is 2. The Kier molecular flexibility index (Phi) is 5.07. The van der Waals surface area contributed by atoms with Crippen molar-refractivity contribution in [3.8, 4) is 11.3 Å². The number of aromatic amines is 1. The molecule has 1 aliphatic rings. The monoisotopic (exact) mass is 400 g/mol. The normalized spacial score (nSPS) is 17.3. The van der Waals surface area contributed by atoms with Gasteiger partial charge in [-0.15, -0.1) is 0 Å². The summed E-state index contributed by atoms with van der Waals surface area (Å²) in [6.45, 7) is 2.46. The summed E-state index contributed by atoms with van der Waals surface area (Å²) in [5, 5.41) is 11.1. The van der Waals surface area contributed by atoms with E-state index in [2.05, 4.69) is 32.5 Å². The van der Waals surface area contributed by atoms with Gasteiger partial charge in [0.05, 0.1) is 18.2 Å². The van der Waals surface area contributed by atoms with E-state index in [0.29, 0.717) is 0 Å². The first-order valence-corrected chi connectivity index (χ1v) is 10.3. The molecule has 0 spiro atoms. The highest BCUT2D eigenvalue weighted by Gasteiger charge is 2.26. The number of para-hydroxylation sites is 1. The summed E-state index contributed by atoms with van der Waals surface area (Å²) in [4.78, 5) is 15.2. The number of fused-ring (bicyclic) bond motifs is 1. The molecule has 3 heterocycles. The third-order valence-corrected chi connectivity index (χ3v) is 5.70. The fourth-order valence-corrected chi connectivity index (χ4v) is 4.14. The largest absolute Gasteiger partial charge is 0.460 e. The molecule has 2 N–H and O–H groups in total. The molecule has 4 aromatic rings. The van der Waals surface area contributed by atoms with E-state index in [4.69, 9.17) is 4.42 Å². The quantitative estimate of drug-likeness (QED) is 0.510. The van der Waals surface area contributed by atoms with Crippen LogP contribution in [0.4, 0.5) is 5.69 Å². The van der Waals surface area contributed by atoms with Gasteiger partial charge in [-0.05, 0) is 55.3 Å². The van der Waals surface area contributed by atoms with E-state index in [-0.39, 0.29) is 11.8 Å². The second-order valence-corrected chi connectivity index (χ2v) is 7.86. The molecular formula is C24H24N4O2. The fraction of sp³-hybridized carbons (Fsp3) is 0.250. The SMILES string of the molecule is O=C(Nc1ccc(-c2ccn[nH]2)cc1)[C@H]1CCCN(Cc2cc3ccccc3o2)C1. The Balaban J connectivity index is 1.20. The maximum atomic E-state index is 12.8. The first kappa shape index (κ1) is 18.6. The predicted molar refractivity (Wildman–Crippen MR) is 117 cm³/mol. The van der Waals surface area contributed by atoms with Gasteiger partial charge >= 0.3 is 0 Å². The molecule has 1 saturated heterocycles. The van der Waals surface area contributed by atoms with Crippen molar-refractivity contribution in [3.63, 3.8) is 0 Å². The Bertz CT molecular complexity index is 1100. The van der Waals surface area contributed by atoms with Crippen LogP contribution in [-0.2, 0) is 11.3 Å². The molecule has 0 saturated carbocycles. The van der Waals surface area contributed by atoms with Crippen LogP contribution in [0, 0.1) is 5.92 Å². The Hall–Kier alpha value is -3.38.